The summed E-state index contributed by atoms with van der Waals surface area (Å²) < 4.78 is 28.9. The minimum absolute atomic E-state index is 0.0292. The molecule has 1 aromatic heterocycles. The first-order chi connectivity index (χ1) is 15.4. The van der Waals surface area contributed by atoms with E-state index in [4.69, 9.17) is 0 Å². The highest BCUT2D eigenvalue weighted by Crippen LogP contribution is 2.23. The van der Waals surface area contributed by atoms with Crippen molar-refractivity contribution in [1.29, 1.82) is 0 Å². The van der Waals surface area contributed by atoms with Crippen LogP contribution in [-0.4, -0.2) is 27.1 Å². The molecular formula is C23H15F2N3O3S. The number of rotatable bonds is 5. The van der Waals surface area contributed by atoms with E-state index in [-0.39, 0.29) is 22.0 Å². The molecule has 0 radical (unpaired) electrons. The number of hydrogen-bond donors (Lipinski definition) is 1. The standard InChI is InChI=1S/C23H15F2N3O3S/c24-15-10-11-19(17(25)12-15)28-22(31)16-8-4-5-9-18(16)26-23(28)32-13-20(29)27-21(30)14-6-2-1-3-7-14/h1-12H,13H2,(H,27,29,30). The molecule has 3 aromatic carbocycles. The van der Waals surface area contributed by atoms with Gasteiger partial charge in [0.05, 0.1) is 22.3 Å². The molecule has 0 atom stereocenters. The van der Waals surface area contributed by atoms with Crippen molar-refractivity contribution in [2.75, 3.05) is 5.75 Å². The van der Waals surface area contributed by atoms with Crippen LogP contribution in [-0.2, 0) is 4.79 Å². The Labute approximate surface area is 184 Å². The van der Waals surface area contributed by atoms with E-state index in [1.807, 2.05) is 0 Å². The number of nitrogens with zero attached hydrogens (tertiary/aromatic N) is 2. The lowest BCUT2D eigenvalue weighted by molar-refractivity contribution is -0.117. The summed E-state index contributed by atoms with van der Waals surface area (Å²) in [4.78, 5) is 42.0. The molecule has 1 heterocycles. The van der Waals surface area contributed by atoms with E-state index in [9.17, 15) is 23.2 Å². The zero-order valence-electron chi connectivity index (χ0n) is 16.4. The monoisotopic (exact) mass is 451 g/mol. The lowest BCUT2D eigenvalue weighted by Crippen LogP contribution is -2.32. The van der Waals surface area contributed by atoms with Gasteiger partial charge in [-0.2, -0.15) is 0 Å². The van der Waals surface area contributed by atoms with Crippen LogP contribution < -0.4 is 10.9 Å². The predicted octanol–water partition coefficient (Wildman–Crippen LogP) is 3.71. The van der Waals surface area contributed by atoms with E-state index in [2.05, 4.69) is 10.3 Å². The van der Waals surface area contributed by atoms with Gasteiger partial charge in [0.2, 0.25) is 5.91 Å². The number of fused-ring (bicyclic) bond motifs is 1. The molecule has 0 saturated heterocycles. The molecule has 0 saturated carbocycles. The average molecular weight is 451 g/mol. The maximum atomic E-state index is 14.5. The van der Waals surface area contributed by atoms with E-state index >= 15 is 0 Å². The Balaban J connectivity index is 1.66. The van der Waals surface area contributed by atoms with E-state index in [1.165, 1.54) is 0 Å². The van der Waals surface area contributed by atoms with Crippen LogP contribution in [0.25, 0.3) is 16.6 Å². The predicted molar refractivity (Wildman–Crippen MR) is 117 cm³/mol. The third-order valence-corrected chi connectivity index (χ3v) is 5.46. The molecule has 0 spiro atoms. The molecule has 32 heavy (non-hydrogen) atoms. The van der Waals surface area contributed by atoms with Gasteiger partial charge in [-0.1, -0.05) is 42.1 Å². The molecule has 0 unspecified atom stereocenters. The van der Waals surface area contributed by atoms with Crippen molar-refractivity contribution in [3.05, 3.63) is 100 Å². The summed E-state index contributed by atoms with van der Waals surface area (Å²) in [7, 11) is 0. The smallest absolute Gasteiger partial charge is 0.266 e. The number of imide groups is 1. The van der Waals surface area contributed by atoms with Gasteiger partial charge in [-0.25, -0.2) is 13.8 Å². The van der Waals surface area contributed by atoms with Crippen LogP contribution in [0.4, 0.5) is 8.78 Å². The molecule has 0 aliphatic rings. The minimum Gasteiger partial charge on any atom is -0.292 e. The van der Waals surface area contributed by atoms with Crippen molar-refractivity contribution in [1.82, 2.24) is 14.9 Å². The van der Waals surface area contributed by atoms with Crippen LogP contribution in [0.15, 0.2) is 82.7 Å². The first-order valence-corrected chi connectivity index (χ1v) is 10.4. The first kappa shape index (κ1) is 21.4. The molecule has 2 amide bonds. The largest absolute Gasteiger partial charge is 0.292 e. The number of amides is 2. The molecule has 4 rings (SSSR count). The number of carbonyl (C=O) groups excluding carboxylic acids is 2. The minimum atomic E-state index is -0.949. The quantitative estimate of drug-likeness (QED) is 0.370. The van der Waals surface area contributed by atoms with E-state index in [0.29, 0.717) is 17.1 Å². The Morgan fingerprint density at radius 3 is 2.44 bits per heavy atom. The average Bonchev–Trinajstić information content (AvgIpc) is 2.79. The summed E-state index contributed by atoms with van der Waals surface area (Å²) in [5, 5.41) is 2.53. The van der Waals surface area contributed by atoms with E-state index in [0.717, 1.165) is 28.5 Å². The van der Waals surface area contributed by atoms with Crippen molar-refractivity contribution in [3.8, 4) is 5.69 Å². The van der Waals surface area contributed by atoms with Crippen molar-refractivity contribution < 1.29 is 18.4 Å². The van der Waals surface area contributed by atoms with Crippen molar-refractivity contribution >= 4 is 34.5 Å². The summed E-state index contributed by atoms with van der Waals surface area (Å²) in [6, 6.07) is 17.5. The highest BCUT2D eigenvalue weighted by atomic mass is 32.2. The SMILES string of the molecule is O=C(CSc1nc2ccccc2c(=O)n1-c1ccc(F)cc1F)NC(=O)c1ccccc1. The van der Waals surface area contributed by atoms with Gasteiger partial charge in [-0.15, -0.1) is 0 Å². The van der Waals surface area contributed by atoms with Gasteiger partial charge in [0, 0.05) is 11.6 Å². The lowest BCUT2D eigenvalue weighted by Gasteiger charge is -2.14. The van der Waals surface area contributed by atoms with Gasteiger partial charge in [-0.3, -0.25) is 24.3 Å². The number of aromatic nitrogens is 2. The fraction of sp³-hybridized carbons (Fsp3) is 0.0435. The van der Waals surface area contributed by atoms with Crippen LogP contribution in [0.3, 0.4) is 0 Å². The molecule has 0 aliphatic heterocycles. The third-order valence-electron chi connectivity index (χ3n) is 4.52. The van der Waals surface area contributed by atoms with Crippen LogP contribution in [0, 0.1) is 11.6 Å². The molecule has 160 valence electrons. The number of halogens is 2. The Morgan fingerprint density at radius 2 is 1.69 bits per heavy atom. The second-order valence-electron chi connectivity index (χ2n) is 6.68. The third kappa shape index (κ3) is 4.42. The zero-order valence-corrected chi connectivity index (χ0v) is 17.2. The molecule has 0 fully saturated rings. The Bertz CT molecular complexity index is 1390. The summed E-state index contributed by atoms with van der Waals surface area (Å²) in [6.07, 6.45) is 0. The fourth-order valence-electron chi connectivity index (χ4n) is 3.04. The van der Waals surface area contributed by atoms with Gasteiger partial charge in [0.1, 0.15) is 11.6 Å². The fourth-order valence-corrected chi connectivity index (χ4v) is 3.84. The normalized spacial score (nSPS) is 10.8. The highest BCUT2D eigenvalue weighted by Gasteiger charge is 2.18. The maximum absolute atomic E-state index is 14.5. The van der Waals surface area contributed by atoms with Gasteiger partial charge < -0.3 is 0 Å². The van der Waals surface area contributed by atoms with E-state index < -0.39 is 29.0 Å². The Morgan fingerprint density at radius 1 is 0.969 bits per heavy atom. The van der Waals surface area contributed by atoms with Gasteiger partial charge in [0.25, 0.3) is 11.5 Å². The Hall–Kier alpha value is -3.85. The second kappa shape index (κ2) is 9.11. The van der Waals surface area contributed by atoms with Gasteiger partial charge >= 0.3 is 0 Å². The molecule has 0 aliphatic carbocycles. The second-order valence-corrected chi connectivity index (χ2v) is 7.62. The van der Waals surface area contributed by atoms with Crippen LogP contribution in [0.5, 0.6) is 0 Å². The number of carbonyl (C=O) groups is 2. The summed E-state index contributed by atoms with van der Waals surface area (Å²) in [5.74, 6) is -3.18. The summed E-state index contributed by atoms with van der Waals surface area (Å²) in [6.45, 7) is 0. The van der Waals surface area contributed by atoms with Crippen molar-refractivity contribution in [2.45, 2.75) is 5.16 Å². The number of nitrogens with one attached hydrogen (secondary N) is 1. The first-order valence-electron chi connectivity index (χ1n) is 9.43. The number of para-hydroxylation sites is 1. The Kier molecular flexibility index (Phi) is 6.09. The summed E-state index contributed by atoms with van der Waals surface area (Å²) >= 11 is 0.856. The molecular weight excluding hydrogens is 436 g/mol. The highest BCUT2D eigenvalue weighted by molar-refractivity contribution is 7.99. The van der Waals surface area contributed by atoms with Crippen LogP contribution >= 0.6 is 11.8 Å². The molecule has 6 nitrogen and oxygen atoms in total. The molecule has 0 bridgehead atoms. The molecule has 1 N–H and O–H groups in total. The number of benzene rings is 3. The van der Waals surface area contributed by atoms with E-state index in [1.54, 1.807) is 54.6 Å². The van der Waals surface area contributed by atoms with Crippen LogP contribution in [0.2, 0.25) is 0 Å². The number of thioether (sulfide) groups is 1. The zero-order chi connectivity index (χ0) is 22.7. The topological polar surface area (TPSA) is 81.1 Å². The molecule has 9 heteroatoms. The van der Waals surface area contributed by atoms with Crippen LogP contribution in [0.1, 0.15) is 10.4 Å². The number of hydrogen-bond acceptors (Lipinski definition) is 5. The maximum Gasteiger partial charge on any atom is 0.266 e. The van der Waals surface area contributed by atoms with Gasteiger partial charge in [-0.05, 0) is 36.4 Å². The summed E-state index contributed by atoms with van der Waals surface area (Å²) in [5.41, 5.74) is -0.0817. The van der Waals surface area contributed by atoms with Crippen molar-refractivity contribution in [2.24, 2.45) is 0 Å². The van der Waals surface area contributed by atoms with Crippen molar-refractivity contribution in [3.63, 3.8) is 0 Å². The lowest BCUT2D eigenvalue weighted by atomic mass is 10.2. The molecule has 4 aromatic rings. The van der Waals surface area contributed by atoms with Gasteiger partial charge in [0.15, 0.2) is 5.16 Å².